The Balaban J connectivity index is 2.44. The largest absolute Gasteiger partial charge is 0.444 e. The zero-order valence-electron chi connectivity index (χ0n) is 11.4. The van der Waals surface area contributed by atoms with Crippen LogP contribution in [0.3, 0.4) is 0 Å². The van der Waals surface area contributed by atoms with E-state index in [1.807, 2.05) is 26.2 Å². The molecule has 0 saturated carbocycles. The highest BCUT2D eigenvalue weighted by atomic mass is 32.2. The maximum absolute atomic E-state index is 11.5. The first-order valence-electron chi connectivity index (χ1n) is 5.70. The van der Waals surface area contributed by atoms with Crippen LogP contribution in [0, 0.1) is 0 Å². The summed E-state index contributed by atoms with van der Waals surface area (Å²) in [6, 6.07) is 0. The van der Waals surface area contributed by atoms with Crippen molar-refractivity contribution in [3.63, 3.8) is 0 Å². The van der Waals surface area contributed by atoms with Gasteiger partial charge in [0.05, 0.1) is 6.54 Å². The van der Waals surface area contributed by atoms with E-state index in [0.717, 1.165) is 14.9 Å². The smallest absolute Gasteiger partial charge is 0.408 e. The summed E-state index contributed by atoms with van der Waals surface area (Å²) in [7, 11) is 0. The monoisotopic (exact) mass is 298 g/mol. The maximum atomic E-state index is 11.5. The van der Waals surface area contributed by atoms with Crippen LogP contribution in [0.4, 0.5) is 4.79 Å². The third kappa shape index (κ3) is 6.45. The van der Waals surface area contributed by atoms with Crippen LogP contribution in [-0.4, -0.2) is 16.7 Å². The molecule has 0 aromatic carbocycles. The van der Waals surface area contributed by atoms with E-state index in [-0.39, 0.29) is 0 Å². The Bertz CT molecular complexity index is 475. The summed E-state index contributed by atoms with van der Waals surface area (Å²) in [5.41, 5.74) is -0.490. The van der Waals surface area contributed by atoms with Crippen LogP contribution >= 0.6 is 23.1 Å². The second kappa shape index (κ2) is 6.77. The van der Waals surface area contributed by atoms with Crippen molar-refractivity contribution in [2.75, 3.05) is 0 Å². The molecule has 0 fully saturated rings. The molecule has 0 aliphatic heterocycles. The summed E-state index contributed by atoms with van der Waals surface area (Å²) in [4.78, 5) is 16.7. The summed E-state index contributed by atoms with van der Waals surface area (Å²) >= 11 is 2.94. The quantitative estimate of drug-likeness (QED) is 0.660. The fourth-order valence-corrected chi connectivity index (χ4v) is 2.56. The number of nitrogens with one attached hydrogen (secondary N) is 1. The molecule has 0 radical (unpaired) electrons. The molecule has 1 aromatic heterocycles. The van der Waals surface area contributed by atoms with Crippen molar-refractivity contribution >= 4 is 29.2 Å². The second-order valence-electron chi connectivity index (χ2n) is 4.71. The number of amides is 1. The van der Waals surface area contributed by atoms with E-state index < -0.39 is 11.7 Å². The number of hydrogen-bond donors (Lipinski definition) is 1. The fourth-order valence-electron chi connectivity index (χ4n) is 1.06. The Morgan fingerprint density at radius 2 is 2.32 bits per heavy atom. The van der Waals surface area contributed by atoms with E-state index in [0.29, 0.717) is 6.54 Å². The first-order chi connectivity index (χ1) is 8.80. The molecule has 0 aliphatic rings. The molecule has 0 spiro atoms. The summed E-state index contributed by atoms with van der Waals surface area (Å²) in [5, 5.41) is 6.27. The first-order valence-corrected chi connectivity index (χ1v) is 7.40. The minimum Gasteiger partial charge on any atom is -0.444 e. The highest BCUT2D eigenvalue weighted by molar-refractivity contribution is 8.03. The van der Waals surface area contributed by atoms with Gasteiger partial charge in [-0.2, -0.15) is 0 Å². The molecule has 1 amide bonds. The van der Waals surface area contributed by atoms with Crippen LogP contribution in [-0.2, 0) is 11.3 Å². The molecule has 1 heterocycles. The molecule has 1 N–H and O–H groups in total. The molecule has 0 bridgehead atoms. The van der Waals surface area contributed by atoms with Crippen LogP contribution in [0.15, 0.2) is 34.5 Å². The average Bonchev–Trinajstić information content (AvgIpc) is 2.71. The maximum Gasteiger partial charge on any atom is 0.408 e. The number of carbonyl (C=O) groups excluding carboxylic acids is 1. The van der Waals surface area contributed by atoms with Crippen molar-refractivity contribution in [3.8, 4) is 0 Å². The number of thiazole rings is 1. The molecule has 4 nitrogen and oxygen atoms in total. The molecule has 104 valence electrons. The Morgan fingerprint density at radius 1 is 1.63 bits per heavy atom. The highest BCUT2D eigenvalue weighted by Crippen LogP contribution is 2.27. The van der Waals surface area contributed by atoms with Gasteiger partial charge in [0, 0.05) is 10.3 Å². The molecule has 0 saturated heterocycles. The van der Waals surface area contributed by atoms with Crippen LogP contribution < -0.4 is 5.32 Å². The van der Waals surface area contributed by atoms with E-state index in [1.165, 1.54) is 23.1 Å². The lowest BCUT2D eigenvalue weighted by molar-refractivity contribution is 0.0523. The third-order valence-electron chi connectivity index (χ3n) is 1.78. The Kier molecular flexibility index (Phi) is 5.62. The van der Waals surface area contributed by atoms with E-state index >= 15 is 0 Å². The first kappa shape index (κ1) is 15.8. The fraction of sp³-hybridized carbons (Fsp3) is 0.385. The topological polar surface area (TPSA) is 51.2 Å². The zero-order valence-corrected chi connectivity index (χ0v) is 13.0. The molecule has 0 atom stereocenters. The SMILES string of the molecule is C=CC(=C)Sc1csc(CNC(=O)OC(C)(C)C)n1. The van der Waals surface area contributed by atoms with Gasteiger partial charge in [-0.15, -0.1) is 11.3 Å². The lowest BCUT2D eigenvalue weighted by Gasteiger charge is -2.19. The van der Waals surface area contributed by atoms with Crippen molar-refractivity contribution in [2.24, 2.45) is 0 Å². The molecular formula is C13H18N2O2S2. The van der Waals surface area contributed by atoms with Gasteiger partial charge < -0.3 is 10.1 Å². The number of hydrogen-bond acceptors (Lipinski definition) is 5. The molecular weight excluding hydrogens is 280 g/mol. The summed E-state index contributed by atoms with van der Waals surface area (Å²) in [6.07, 6.45) is 1.25. The lowest BCUT2D eigenvalue weighted by Crippen LogP contribution is -2.32. The molecule has 1 rings (SSSR count). The third-order valence-corrected chi connectivity index (χ3v) is 3.62. The summed E-state index contributed by atoms with van der Waals surface area (Å²) in [6.45, 7) is 13.3. The number of rotatable bonds is 5. The molecule has 6 heteroatoms. The van der Waals surface area contributed by atoms with Gasteiger partial charge >= 0.3 is 6.09 Å². The van der Waals surface area contributed by atoms with Gasteiger partial charge in [-0.05, 0) is 20.8 Å². The number of thioether (sulfide) groups is 1. The molecule has 0 unspecified atom stereocenters. The van der Waals surface area contributed by atoms with Gasteiger partial charge in [0.15, 0.2) is 0 Å². The molecule has 1 aromatic rings. The second-order valence-corrected chi connectivity index (χ2v) is 6.80. The van der Waals surface area contributed by atoms with Crippen molar-refractivity contribution in [3.05, 3.63) is 34.5 Å². The molecule has 19 heavy (non-hydrogen) atoms. The standard InChI is InChI=1S/C13H18N2O2S2/c1-6-9(2)19-11-8-18-10(15-11)7-14-12(16)17-13(3,4)5/h6,8H,1-2,7H2,3-5H3,(H,14,16). The van der Waals surface area contributed by atoms with Gasteiger partial charge in [0.1, 0.15) is 15.6 Å². The van der Waals surface area contributed by atoms with Crippen molar-refractivity contribution < 1.29 is 9.53 Å². The van der Waals surface area contributed by atoms with Gasteiger partial charge in [-0.3, -0.25) is 0 Å². The van der Waals surface area contributed by atoms with Crippen LogP contribution in [0.5, 0.6) is 0 Å². The molecule has 0 aliphatic carbocycles. The van der Waals surface area contributed by atoms with E-state index in [1.54, 1.807) is 6.08 Å². The van der Waals surface area contributed by atoms with Crippen molar-refractivity contribution in [1.29, 1.82) is 0 Å². The van der Waals surface area contributed by atoms with Gasteiger partial charge in [-0.1, -0.05) is 31.0 Å². The van der Waals surface area contributed by atoms with E-state index in [4.69, 9.17) is 4.74 Å². The van der Waals surface area contributed by atoms with E-state index in [9.17, 15) is 4.79 Å². The van der Waals surface area contributed by atoms with Gasteiger partial charge in [-0.25, -0.2) is 9.78 Å². The summed E-state index contributed by atoms with van der Waals surface area (Å²) in [5.74, 6) is 0. The lowest BCUT2D eigenvalue weighted by atomic mass is 10.2. The summed E-state index contributed by atoms with van der Waals surface area (Å²) < 4.78 is 5.14. The highest BCUT2D eigenvalue weighted by Gasteiger charge is 2.16. The normalized spacial score (nSPS) is 10.9. The number of carbonyl (C=O) groups is 1. The van der Waals surface area contributed by atoms with Gasteiger partial charge in [0.25, 0.3) is 0 Å². The number of alkyl carbamates (subject to hydrolysis) is 1. The zero-order chi connectivity index (χ0) is 14.5. The van der Waals surface area contributed by atoms with Crippen LogP contribution in [0.25, 0.3) is 0 Å². The minimum absolute atomic E-state index is 0.362. The van der Waals surface area contributed by atoms with Crippen LogP contribution in [0.1, 0.15) is 25.8 Å². The Hall–Kier alpha value is -1.27. The predicted molar refractivity (Wildman–Crippen MR) is 80.4 cm³/mol. The number of nitrogens with zero attached hydrogens (tertiary/aromatic N) is 1. The van der Waals surface area contributed by atoms with Gasteiger partial charge in [0.2, 0.25) is 0 Å². The number of aromatic nitrogens is 1. The van der Waals surface area contributed by atoms with Crippen molar-refractivity contribution in [2.45, 2.75) is 37.9 Å². The van der Waals surface area contributed by atoms with E-state index in [2.05, 4.69) is 23.5 Å². The Morgan fingerprint density at radius 3 is 2.89 bits per heavy atom. The van der Waals surface area contributed by atoms with Crippen LogP contribution in [0.2, 0.25) is 0 Å². The van der Waals surface area contributed by atoms with Crippen molar-refractivity contribution in [1.82, 2.24) is 10.3 Å². The number of ether oxygens (including phenoxy) is 1. The predicted octanol–water partition coefficient (Wildman–Crippen LogP) is 3.96. The number of allylic oxidation sites excluding steroid dienone is 1. The average molecular weight is 298 g/mol. The minimum atomic E-state index is -0.490. The Labute approximate surface area is 122 Å².